The first kappa shape index (κ1) is 19.4. The molecule has 0 saturated carbocycles. The smallest absolute Gasteiger partial charge is 0.323 e. The Hall–Kier alpha value is -0.610. The van der Waals surface area contributed by atoms with Gasteiger partial charge in [-0.1, -0.05) is 27.7 Å². The summed E-state index contributed by atoms with van der Waals surface area (Å²) in [6.45, 7) is 15.1. The molecule has 0 aromatic rings. The molecular weight excluding hydrogens is 252 g/mol. The van der Waals surface area contributed by atoms with Gasteiger partial charge in [-0.05, 0) is 45.7 Å². The van der Waals surface area contributed by atoms with E-state index in [-0.39, 0.29) is 17.4 Å². The van der Waals surface area contributed by atoms with Crippen LogP contribution in [0.25, 0.3) is 0 Å². The number of carbonyl (C=O) groups is 1. The third kappa shape index (κ3) is 7.25. The SMILES string of the molecule is CCCNC(CCN(C)C(C)C(C)(C)C)C(=O)OCC. The lowest BCUT2D eigenvalue weighted by Gasteiger charge is -2.36. The van der Waals surface area contributed by atoms with Crippen LogP contribution in [0, 0.1) is 5.41 Å². The van der Waals surface area contributed by atoms with Gasteiger partial charge in [0.05, 0.1) is 6.61 Å². The first-order valence-electron chi connectivity index (χ1n) is 7.84. The number of nitrogens with one attached hydrogen (secondary N) is 1. The van der Waals surface area contributed by atoms with Crippen LogP contribution in [0.2, 0.25) is 0 Å². The summed E-state index contributed by atoms with van der Waals surface area (Å²) in [5.41, 5.74) is 0.241. The van der Waals surface area contributed by atoms with E-state index in [2.05, 4.69) is 51.9 Å². The average Bonchev–Trinajstić information content (AvgIpc) is 2.36. The Kier molecular flexibility index (Phi) is 9.06. The summed E-state index contributed by atoms with van der Waals surface area (Å²) < 4.78 is 5.14. The van der Waals surface area contributed by atoms with E-state index in [0.717, 1.165) is 25.9 Å². The van der Waals surface area contributed by atoms with E-state index in [4.69, 9.17) is 4.74 Å². The summed E-state index contributed by atoms with van der Waals surface area (Å²) in [5, 5.41) is 3.29. The van der Waals surface area contributed by atoms with Gasteiger partial charge in [-0.3, -0.25) is 4.79 Å². The van der Waals surface area contributed by atoms with Crippen LogP contribution < -0.4 is 5.32 Å². The fourth-order valence-electron chi connectivity index (χ4n) is 2.05. The molecular formula is C16H34N2O2. The van der Waals surface area contributed by atoms with Crippen molar-refractivity contribution in [2.75, 3.05) is 26.7 Å². The lowest BCUT2D eigenvalue weighted by atomic mass is 9.87. The van der Waals surface area contributed by atoms with E-state index in [1.54, 1.807) is 0 Å². The summed E-state index contributed by atoms with van der Waals surface area (Å²) in [7, 11) is 2.12. The molecule has 4 heteroatoms. The summed E-state index contributed by atoms with van der Waals surface area (Å²) in [6.07, 6.45) is 1.81. The number of hydrogen-bond donors (Lipinski definition) is 1. The van der Waals surface area contributed by atoms with Crippen molar-refractivity contribution in [1.82, 2.24) is 10.2 Å². The van der Waals surface area contributed by atoms with Crippen LogP contribution in [0.3, 0.4) is 0 Å². The number of nitrogens with zero attached hydrogens (tertiary/aromatic N) is 1. The van der Waals surface area contributed by atoms with Gasteiger partial charge >= 0.3 is 5.97 Å². The van der Waals surface area contributed by atoms with Gasteiger partial charge in [0, 0.05) is 12.6 Å². The van der Waals surface area contributed by atoms with Crippen molar-refractivity contribution in [3.63, 3.8) is 0 Å². The molecule has 4 nitrogen and oxygen atoms in total. The van der Waals surface area contributed by atoms with Crippen molar-refractivity contribution in [1.29, 1.82) is 0 Å². The number of esters is 1. The fourth-order valence-corrected chi connectivity index (χ4v) is 2.05. The topological polar surface area (TPSA) is 41.6 Å². The van der Waals surface area contributed by atoms with E-state index < -0.39 is 0 Å². The Morgan fingerprint density at radius 2 is 1.90 bits per heavy atom. The van der Waals surface area contributed by atoms with Gasteiger partial charge in [0.25, 0.3) is 0 Å². The van der Waals surface area contributed by atoms with E-state index in [1.165, 1.54) is 0 Å². The summed E-state index contributed by atoms with van der Waals surface area (Å²) in [5.74, 6) is -0.127. The lowest BCUT2D eigenvalue weighted by molar-refractivity contribution is -0.146. The molecule has 0 bridgehead atoms. The van der Waals surface area contributed by atoms with Crippen LogP contribution in [-0.4, -0.2) is 49.7 Å². The van der Waals surface area contributed by atoms with Crippen LogP contribution in [0.5, 0.6) is 0 Å². The van der Waals surface area contributed by atoms with Crippen LogP contribution in [0.4, 0.5) is 0 Å². The standard InChI is InChI=1S/C16H34N2O2/c1-8-11-17-14(15(19)20-9-2)10-12-18(7)13(3)16(4,5)6/h13-14,17H,8-12H2,1-7H3. The number of rotatable bonds is 9. The molecule has 0 fully saturated rings. The number of ether oxygens (including phenoxy) is 1. The number of hydrogen-bond acceptors (Lipinski definition) is 4. The van der Waals surface area contributed by atoms with Crippen molar-refractivity contribution in [2.24, 2.45) is 5.41 Å². The summed E-state index contributed by atoms with van der Waals surface area (Å²) in [6, 6.07) is 0.279. The maximum atomic E-state index is 11.9. The predicted octanol–water partition coefficient (Wildman–Crippen LogP) is 2.67. The lowest BCUT2D eigenvalue weighted by Crippen LogP contribution is -2.44. The highest BCUT2D eigenvalue weighted by atomic mass is 16.5. The minimum Gasteiger partial charge on any atom is -0.465 e. The van der Waals surface area contributed by atoms with E-state index in [1.807, 2.05) is 6.92 Å². The second kappa shape index (κ2) is 9.35. The maximum absolute atomic E-state index is 11.9. The van der Waals surface area contributed by atoms with Crippen molar-refractivity contribution in [2.45, 2.75) is 66.5 Å². The zero-order chi connectivity index (χ0) is 15.8. The molecule has 0 aromatic carbocycles. The van der Waals surface area contributed by atoms with E-state index in [9.17, 15) is 4.79 Å². The molecule has 0 aliphatic carbocycles. The predicted molar refractivity (Wildman–Crippen MR) is 84.9 cm³/mol. The van der Waals surface area contributed by atoms with Gasteiger partial charge < -0.3 is 15.0 Å². The minimum atomic E-state index is -0.190. The van der Waals surface area contributed by atoms with Crippen molar-refractivity contribution in [3.8, 4) is 0 Å². The molecule has 0 spiro atoms. The van der Waals surface area contributed by atoms with Gasteiger partial charge in [0.15, 0.2) is 0 Å². The third-order valence-corrected chi connectivity index (χ3v) is 3.90. The highest BCUT2D eigenvalue weighted by Crippen LogP contribution is 2.23. The van der Waals surface area contributed by atoms with E-state index in [0.29, 0.717) is 12.6 Å². The molecule has 0 aliphatic rings. The quantitative estimate of drug-likeness (QED) is 0.662. The Balaban J connectivity index is 4.40. The second-order valence-corrected chi connectivity index (χ2v) is 6.57. The molecule has 0 heterocycles. The Morgan fingerprint density at radius 1 is 1.30 bits per heavy atom. The zero-order valence-electron chi connectivity index (χ0n) is 14.5. The van der Waals surface area contributed by atoms with Crippen molar-refractivity contribution in [3.05, 3.63) is 0 Å². The fraction of sp³-hybridized carbons (Fsp3) is 0.938. The molecule has 20 heavy (non-hydrogen) atoms. The molecule has 120 valence electrons. The normalized spacial score (nSPS) is 15.2. The monoisotopic (exact) mass is 286 g/mol. The number of carbonyl (C=O) groups excluding carboxylic acids is 1. The molecule has 0 saturated heterocycles. The van der Waals surface area contributed by atoms with Gasteiger partial charge in [0.2, 0.25) is 0 Å². The van der Waals surface area contributed by atoms with Gasteiger partial charge in [0.1, 0.15) is 6.04 Å². The Labute approximate surface area is 125 Å². The molecule has 0 aliphatic heterocycles. The maximum Gasteiger partial charge on any atom is 0.323 e. The van der Waals surface area contributed by atoms with Gasteiger partial charge in [-0.25, -0.2) is 0 Å². The van der Waals surface area contributed by atoms with Crippen LogP contribution in [0.1, 0.15) is 54.4 Å². The molecule has 2 atom stereocenters. The minimum absolute atomic E-state index is 0.127. The first-order chi connectivity index (χ1) is 9.23. The van der Waals surface area contributed by atoms with Gasteiger partial charge in [-0.15, -0.1) is 0 Å². The van der Waals surface area contributed by atoms with Gasteiger partial charge in [-0.2, -0.15) is 0 Å². The first-order valence-corrected chi connectivity index (χ1v) is 7.84. The molecule has 0 radical (unpaired) electrons. The van der Waals surface area contributed by atoms with Crippen molar-refractivity contribution >= 4 is 5.97 Å². The third-order valence-electron chi connectivity index (χ3n) is 3.90. The summed E-state index contributed by atoms with van der Waals surface area (Å²) in [4.78, 5) is 14.2. The second-order valence-electron chi connectivity index (χ2n) is 6.57. The molecule has 0 aromatic heterocycles. The largest absolute Gasteiger partial charge is 0.465 e. The summed E-state index contributed by atoms with van der Waals surface area (Å²) >= 11 is 0. The van der Waals surface area contributed by atoms with Crippen molar-refractivity contribution < 1.29 is 9.53 Å². The molecule has 2 unspecified atom stereocenters. The van der Waals surface area contributed by atoms with Crippen LogP contribution in [0.15, 0.2) is 0 Å². The molecule has 0 amide bonds. The van der Waals surface area contributed by atoms with Crippen LogP contribution in [-0.2, 0) is 9.53 Å². The average molecular weight is 286 g/mol. The zero-order valence-corrected chi connectivity index (χ0v) is 14.5. The van der Waals surface area contributed by atoms with E-state index >= 15 is 0 Å². The molecule has 0 rings (SSSR count). The van der Waals surface area contributed by atoms with Crippen LogP contribution >= 0.6 is 0 Å². The Morgan fingerprint density at radius 3 is 2.35 bits per heavy atom. The molecule has 1 N–H and O–H groups in total. The highest BCUT2D eigenvalue weighted by molar-refractivity contribution is 5.75. The highest BCUT2D eigenvalue weighted by Gasteiger charge is 2.25. The Bertz CT molecular complexity index is 274.